The number of carbonyl (C=O) groups is 2. The van der Waals surface area contributed by atoms with Crippen LogP contribution in [0.5, 0.6) is 0 Å². The number of ether oxygens (including phenoxy) is 3. The lowest BCUT2D eigenvalue weighted by Gasteiger charge is -2.32. The van der Waals surface area contributed by atoms with E-state index < -0.39 is 17.4 Å². The second-order valence-corrected chi connectivity index (χ2v) is 4.87. The molecule has 0 aliphatic rings. The Balaban J connectivity index is 5.12. The Bertz CT molecular complexity index is 281. The van der Waals surface area contributed by atoms with Crippen LogP contribution in [0.15, 0.2) is 0 Å². The van der Waals surface area contributed by atoms with Gasteiger partial charge in [0.25, 0.3) is 0 Å². The van der Waals surface area contributed by atoms with Crippen LogP contribution in [-0.4, -0.2) is 38.4 Å². The molecule has 20 heavy (non-hydrogen) atoms. The van der Waals surface area contributed by atoms with E-state index in [9.17, 15) is 9.59 Å². The van der Waals surface area contributed by atoms with Gasteiger partial charge in [0, 0.05) is 13.2 Å². The summed E-state index contributed by atoms with van der Waals surface area (Å²) in [5.74, 6) is -1.18. The molecule has 0 radical (unpaired) electrons. The first-order valence-corrected chi connectivity index (χ1v) is 7.39. The molecule has 0 atom stereocenters. The second kappa shape index (κ2) is 9.75. The molecule has 0 aliphatic carbocycles. The molecule has 0 amide bonds. The molecule has 0 saturated carbocycles. The van der Waals surface area contributed by atoms with Crippen molar-refractivity contribution < 1.29 is 23.8 Å². The van der Waals surface area contributed by atoms with Gasteiger partial charge in [-0.05, 0) is 39.5 Å². The zero-order valence-corrected chi connectivity index (χ0v) is 13.4. The molecule has 0 aliphatic heterocycles. The molecular weight excluding hydrogens is 260 g/mol. The van der Waals surface area contributed by atoms with Crippen LogP contribution in [0, 0.1) is 11.3 Å². The maximum Gasteiger partial charge on any atom is 0.323 e. The van der Waals surface area contributed by atoms with Crippen molar-refractivity contribution in [3.8, 4) is 0 Å². The highest BCUT2D eigenvalue weighted by Gasteiger charge is 2.50. The maximum atomic E-state index is 12.3. The summed E-state index contributed by atoms with van der Waals surface area (Å²) in [4.78, 5) is 24.6. The molecule has 0 aromatic heterocycles. The smallest absolute Gasteiger partial charge is 0.323 e. The Labute approximate surface area is 122 Å². The Hall–Kier alpha value is -1.10. The average Bonchev–Trinajstić information content (AvgIpc) is 2.39. The van der Waals surface area contributed by atoms with E-state index in [0.717, 1.165) is 0 Å². The third-order valence-corrected chi connectivity index (χ3v) is 3.33. The fourth-order valence-corrected chi connectivity index (χ4v) is 2.16. The minimum Gasteiger partial charge on any atom is -0.465 e. The Morgan fingerprint density at radius 1 is 0.950 bits per heavy atom. The van der Waals surface area contributed by atoms with Crippen LogP contribution >= 0.6 is 0 Å². The number of hydrogen-bond acceptors (Lipinski definition) is 5. The van der Waals surface area contributed by atoms with Crippen molar-refractivity contribution in [1.29, 1.82) is 0 Å². The first kappa shape index (κ1) is 18.9. The fraction of sp³-hybridized carbons (Fsp3) is 0.867. The van der Waals surface area contributed by atoms with E-state index in [1.165, 1.54) is 0 Å². The summed E-state index contributed by atoms with van der Waals surface area (Å²) in [6.45, 7) is 10.7. The van der Waals surface area contributed by atoms with E-state index in [-0.39, 0.29) is 19.1 Å². The van der Waals surface area contributed by atoms with E-state index >= 15 is 0 Å². The predicted molar refractivity (Wildman–Crippen MR) is 76.3 cm³/mol. The van der Waals surface area contributed by atoms with Gasteiger partial charge in [-0.25, -0.2) is 0 Å². The van der Waals surface area contributed by atoms with E-state index in [0.29, 0.717) is 26.1 Å². The van der Waals surface area contributed by atoms with E-state index in [1.54, 1.807) is 13.8 Å². The summed E-state index contributed by atoms with van der Waals surface area (Å²) < 4.78 is 15.5. The standard InChI is InChI=1S/C15H28O5/c1-6-18-11-9-10-15(12(4)5,13(16)19-7-2)14(17)20-8-3/h12H,6-11H2,1-5H3. The highest BCUT2D eigenvalue weighted by molar-refractivity contribution is 6.00. The lowest BCUT2D eigenvalue weighted by Crippen LogP contribution is -2.46. The van der Waals surface area contributed by atoms with Crippen LogP contribution in [0.1, 0.15) is 47.5 Å². The lowest BCUT2D eigenvalue weighted by atomic mass is 9.73. The van der Waals surface area contributed by atoms with Crippen LogP contribution in [0.4, 0.5) is 0 Å². The van der Waals surface area contributed by atoms with Crippen molar-refractivity contribution in [1.82, 2.24) is 0 Å². The highest BCUT2D eigenvalue weighted by atomic mass is 16.6. The van der Waals surface area contributed by atoms with Crippen molar-refractivity contribution in [2.45, 2.75) is 47.5 Å². The molecule has 0 aromatic carbocycles. The van der Waals surface area contributed by atoms with E-state index in [4.69, 9.17) is 14.2 Å². The normalized spacial score (nSPS) is 11.5. The Morgan fingerprint density at radius 3 is 1.80 bits per heavy atom. The first-order chi connectivity index (χ1) is 9.47. The molecule has 5 heteroatoms. The molecule has 5 nitrogen and oxygen atoms in total. The number of rotatable bonds is 10. The average molecular weight is 288 g/mol. The van der Waals surface area contributed by atoms with Crippen molar-refractivity contribution in [2.24, 2.45) is 11.3 Å². The quantitative estimate of drug-likeness (QED) is 0.351. The van der Waals surface area contributed by atoms with Gasteiger partial charge < -0.3 is 14.2 Å². The van der Waals surface area contributed by atoms with Crippen LogP contribution in [0.2, 0.25) is 0 Å². The SMILES string of the molecule is CCOCCCC(C(=O)OCC)(C(=O)OCC)C(C)C. The van der Waals surface area contributed by atoms with Crippen molar-refractivity contribution in [3.63, 3.8) is 0 Å². The van der Waals surface area contributed by atoms with E-state index in [1.807, 2.05) is 20.8 Å². The van der Waals surface area contributed by atoms with Gasteiger partial charge in [0.1, 0.15) is 0 Å². The third kappa shape index (κ3) is 4.78. The predicted octanol–water partition coefficient (Wildman–Crippen LogP) is 2.57. The second-order valence-electron chi connectivity index (χ2n) is 4.87. The van der Waals surface area contributed by atoms with Crippen molar-refractivity contribution >= 4 is 11.9 Å². The van der Waals surface area contributed by atoms with Gasteiger partial charge in [0.15, 0.2) is 5.41 Å². The fourth-order valence-electron chi connectivity index (χ4n) is 2.16. The van der Waals surface area contributed by atoms with Crippen molar-refractivity contribution in [2.75, 3.05) is 26.4 Å². The maximum absolute atomic E-state index is 12.3. The molecule has 0 unspecified atom stereocenters. The summed E-state index contributed by atoms with van der Waals surface area (Å²) >= 11 is 0. The minimum atomic E-state index is -1.23. The molecule has 0 rings (SSSR count). The largest absolute Gasteiger partial charge is 0.465 e. The summed E-state index contributed by atoms with van der Waals surface area (Å²) in [5, 5.41) is 0. The molecule has 0 aromatic rings. The molecule has 0 spiro atoms. The molecule has 0 fully saturated rings. The van der Waals surface area contributed by atoms with E-state index in [2.05, 4.69) is 0 Å². The van der Waals surface area contributed by atoms with Gasteiger partial charge >= 0.3 is 11.9 Å². The van der Waals surface area contributed by atoms with Gasteiger partial charge in [-0.15, -0.1) is 0 Å². The summed E-state index contributed by atoms with van der Waals surface area (Å²) in [5.41, 5.74) is -1.23. The number of carbonyl (C=O) groups excluding carboxylic acids is 2. The monoisotopic (exact) mass is 288 g/mol. The first-order valence-electron chi connectivity index (χ1n) is 7.39. The minimum absolute atomic E-state index is 0.192. The van der Waals surface area contributed by atoms with Gasteiger partial charge in [0.05, 0.1) is 13.2 Å². The molecule has 118 valence electrons. The molecule has 0 N–H and O–H groups in total. The highest BCUT2D eigenvalue weighted by Crippen LogP contribution is 2.36. The summed E-state index contributed by atoms with van der Waals surface area (Å²) in [6.07, 6.45) is 0.992. The third-order valence-electron chi connectivity index (χ3n) is 3.33. The summed E-state index contributed by atoms with van der Waals surface area (Å²) in [6, 6.07) is 0. The lowest BCUT2D eigenvalue weighted by molar-refractivity contribution is -0.177. The Morgan fingerprint density at radius 2 is 1.45 bits per heavy atom. The molecule has 0 heterocycles. The molecule has 0 saturated heterocycles. The topological polar surface area (TPSA) is 61.8 Å². The van der Waals surface area contributed by atoms with Crippen LogP contribution < -0.4 is 0 Å². The zero-order valence-electron chi connectivity index (χ0n) is 13.4. The number of hydrogen-bond donors (Lipinski definition) is 0. The molecular formula is C15H28O5. The van der Waals surface area contributed by atoms with Gasteiger partial charge in [-0.1, -0.05) is 13.8 Å². The van der Waals surface area contributed by atoms with Crippen LogP contribution in [-0.2, 0) is 23.8 Å². The van der Waals surface area contributed by atoms with Gasteiger partial charge in [-0.3, -0.25) is 9.59 Å². The summed E-state index contributed by atoms with van der Waals surface area (Å²) in [7, 11) is 0. The number of esters is 2. The zero-order chi connectivity index (χ0) is 15.6. The van der Waals surface area contributed by atoms with Gasteiger partial charge in [-0.2, -0.15) is 0 Å². The van der Waals surface area contributed by atoms with Crippen LogP contribution in [0.25, 0.3) is 0 Å². The van der Waals surface area contributed by atoms with Gasteiger partial charge in [0.2, 0.25) is 0 Å². The van der Waals surface area contributed by atoms with Crippen molar-refractivity contribution in [3.05, 3.63) is 0 Å². The Kier molecular flexibility index (Phi) is 9.21. The molecule has 0 bridgehead atoms. The van der Waals surface area contributed by atoms with Crippen LogP contribution in [0.3, 0.4) is 0 Å².